The van der Waals surface area contributed by atoms with Crippen LogP contribution < -0.4 is 5.73 Å². The van der Waals surface area contributed by atoms with Crippen molar-refractivity contribution < 1.29 is 4.52 Å². The molecule has 0 atom stereocenters. The number of rotatable bonds is 6. The zero-order valence-corrected chi connectivity index (χ0v) is 14.5. The fraction of sp³-hybridized carbons (Fsp3) is 0.684. The van der Waals surface area contributed by atoms with Crippen LogP contribution >= 0.6 is 0 Å². The van der Waals surface area contributed by atoms with Crippen molar-refractivity contribution in [2.75, 3.05) is 5.73 Å². The maximum absolute atomic E-state index is 6.18. The number of nitrogens with zero attached hydrogens (tertiary/aromatic N) is 4. The first kappa shape index (κ1) is 15.3. The Bertz CT molecular complexity index is 747. The standard InChI is InChI=1S/C19H25N5O/c20-17-15(10-21-18(23-17)13-3-1-2-4-13)19-22-16(25-24-19)9-14(11-5-6-11)12-7-8-12/h10-14H,1-9H2,(H2,20,21,23). The third-order valence-corrected chi connectivity index (χ3v) is 6.13. The fourth-order valence-electron chi connectivity index (χ4n) is 4.38. The molecule has 0 bridgehead atoms. The number of hydrogen-bond donors (Lipinski definition) is 1. The molecule has 2 N–H and O–H groups in total. The SMILES string of the molecule is Nc1nc(C2CCCC2)ncc1-c1noc(CC(C2CC2)C2CC2)n1. The van der Waals surface area contributed by atoms with Crippen molar-refractivity contribution in [3.8, 4) is 11.4 Å². The first-order valence-corrected chi connectivity index (χ1v) is 9.73. The highest BCUT2D eigenvalue weighted by Gasteiger charge is 2.42. The Morgan fingerprint density at radius 2 is 1.76 bits per heavy atom. The molecule has 0 amide bonds. The minimum absolute atomic E-state index is 0.454. The molecule has 0 spiro atoms. The van der Waals surface area contributed by atoms with Gasteiger partial charge in [-0.2, -0.15) is 4.98 Å². The maximum Gasteiger partial charge on any atom is 0.227 e. The number of aromatic nitrogens is 4. The van der Waals surface area contributed by atoms with Gasteiger partial charge in [0.15, 0.2) is 0 Å². The molecule has 0 aromatic carbocycles. The van der Waals surface area contributed by atoms with Gasteiger partial charge in [-0.1, -0.05) is 18.0 Å². The van der Waals surface area contributed by atoms with Crippen LogP contribution in [-0.2, 0) is 6.42 Å². The zero-order chi connectivity index (χ0) is 16.8. The quantitative estimate of drug-likeness (QED) is 0.862. The van der Waals surface area contributed by atoms with Gasteiger partial charge >= 0.3 is 0 Å². The summed E-state index contributed by atoms with van der Waals surface area (Å²) in [6, 6.07) is 0. The van der Waals surface area contributed by atoms with Crippen LogP contribution in [0.2, 0.25) is 0 Å². The fourth-order valence-corrected chi connectivity index (χ4v) is 4.38. The van der Waals surface area contributed by atoms with Crippen LogP contribution in [-0.4, -0.2) is 20.1 Å². The van der Waals surface area contributed by atoms with Gasteiger partial charge in [0.05, 0.1) is 5.56 Å². The van der Waals surface area contributed by atoms with E-state index in [9.17, 15) is 0 Å². The summed E-state index contributed by atoms with van der Waals surface area (Å²) < 4.78 is 5.52. The molecule has 3 saturated carbocycles. The molecule has 0 unspecified atom stereocenters. The second kappa shape index (κ2) is 6.07. The molecule has 6 nitrogen and oxygen atoms in total. The second-order valence-electron chi connectivity index (χ2n) is 8.06. The van der Waals surface area contributed by atoms with Crippen LogP contribution in [0.5, 0.6) is 0 Å². The Hall–Kier alpha value is -1.98. The van der Waals surface area contributed by atoms with Gasteiger partial charge in [0.1, 0.15) is 11.6 Å². The smallest absolute Gasteiger partial charge is 0.227 e. The van der Waals surface area contributed by atoms with Gasteiger partial charge in [-0.15, -0.1) is 0 Å². The Labute approximate surface area is 147 Å². The van der Waals surface area contributed by atoms with Crippen molar-refractivity contribution in [2.45, 2.75) is 63.7 Å². The molecule has 0 radical (unpaired) electrons. The van der Waals surface area contributed by atoms with E-state index >= 15 is 0 Å². The molecular weight excluding hydrogens is 314 g/mol. The molecule has 0 saturated heterocycles. The Morgan fingerprint density at radius 1 is 1.04 bits per heavy atom. The molecule has 3 aliphatic carbocycles. The molecule has 3 aliphatic rings. The van der Waals surface area contributed by atoms with Crippen LogP contribution in [0.25, 0.3) is 11.4 Å². The molecule has 2 aromatic heterocycles. The molecule has 2 aromatic rings. The molecule has 3 fully saturated rings. The number of nitrogens with two attached hydrogens (primary N) is 1. The summed E-state index contributed by atoms with van der Waals surface area (Å²) in [6.07, 6.45) is 13.0. The molecular formula is C19H25N5O. The maximum atomic E-state index is 6.18. The predicted octanol–water partition coefficient (Wildman–Crippen LogP) is 3.75. The molecule has 5 rings (SSSR count). The average Bonchev–Trinajstić information content (AvgIpc) is 3.54. The molecule has 132 valence electrons. The van der Waals surface area contributed by atoms with Gasteiger partial charge in [-0.05, 0) is 56.3 Å². The van der Waals surface area contributed by atoms with Crippen molar-refractivity contribution >= 4 is 5.82 Å². The van der Waals surface area contributed by atoms with Crippen molar-refractivity contribution in [2.24, 2.45) is 17.8 Å². The topological polar surface area (TPSA) is 90.7 Å². The highest BCUT2D eigenvalue weighted by atomic mass is 16.5. The lowest BCUT2D eigenvalue weighted by molar-refractivity contribution is 0.319. The molecule has 6 heteroatoms. The normalized spacial score (nSPS) is 21.3. The lowest BCUT2D eigenvalue weighted by Gasteiger charge is -2.11. The van der Waals surface area contributed by atoms with E-state index in [-0.39, 0.29) is 0 Å². The first-order valence-electron chi connectivity index (χ1n) is 9.73. The van der Waals surface area contributed by atoms with E-state index in [0.717, 1.165) is 48.7 Å². The third-order valence-electron chi connectivity index (χ3n) is 6.13. The van der Waals surface area contributed by atoms with Crippen molar-refractivity contribution in [3.63, 3.8) is 0 Å². The summed E-state index contributed by atoms with van der Waals surface area (Å²) in [7, 11) is 0. The van der Waals surface area contributed by atoms with Crippen LogP contribution in [0.4, 0.5) is 5.82 Å². The van der Waals surface area contributed by atoms with Crippen LogP contribution in [0.1, 0.15) is 69.0 Å². The lowest BCUT2D eigenvalue weighted by Crippen LogP contribution is -2.09. The molecule has 2 heterocycles. The summed E-state index contributed by atoms with van der Waals surface area (Å²) >= 11 is 0. The van der Waals surface area contributed by atoms with Crippen LogP contribution in [0.15, 0.2) is 10.7 Å². The van der Waals surface area contributed by atoms with E-state index in [1.54, 1.807) is 6.20 Å². The van der Waals surface area contributed by atoms with E-state index in [0.29, 0.717) is 23.1 Å². The van der Waals surface area contributed by atoms with E-state index in [1.165, 1.54) is 38.5 Å². The van der Waals surface area contributed by atoms with Gasteiger partial charge < -0.3 is 10.3 Å². The van der Waals surface area contributed by atoms with Gasteiger partial charge in [0.2, 0.25) is 11.7 Å². The summed E-state index contributed by atoms with van der Waals surface area (Å²) in [4.78, 5) is 13.6. The van der Waals surface area contributed by atoms with Crippen molar-refractivity contribution in [1.29, 1.82) is 0 Å². The summed E-state index contributed by atoms with van der Waals surface area (Å²) in [6.45, 7) is 0. The van der Waals surface area contributed by atoms with E-state index < -0.39 is 0 Å². The van der Waals surface area contributed by atoms with Crippen molar-refractivity contribution in [3.05, 3.63) is 17.9 Å². The monoisotopic (exact) mass is 339 g/mol. The summed E-state index contributed by atoms with van der Waals surface area (Å²) in [5.41, 5.74) is 6.86. The van der Waals surface area contributed by atoms with Crippen LogP contribution in [0.3, 0.4) is 0 Å². The predicted molar refractivity (Wildman–Crippen MR) is 93.6 cm³/mol. The Morgan fingerprint density at radius 3 is 2.40 bits per heavy atom. The number of hydrogen-bond acceptors (Lipinski definition) is 6. The second-order valence-corrected chi connectivity index (χ2v) is 8.06. The molecule has 25 heavy (non-hydrogen) atoms. The summed E-state index contributed by atoms with van der Waals surface area (Å²) in [5.74, 6) is 5.52. The highest BCUT2D eigenvalue weighted by Crippen LogP contribution is 2.50. The number of nitrogen functional groups attached to an aromatic ring is 1. The van der Waals surface area contributed by atoms with Gasteiger partial charge in [0.25, 0.3) is 0 Å². The lowest BCUT2D eigenvalue weighted by atomic mass is 9.94. The zero-order valence-electron chi connectivity index (χ0n) is 14.5. The van der Waals surface area contributed by atoms with E-state index in [2.05, 4.69) is 20.1 Å². The Balaban J connectivity index is 1.34. The Kier molecular flexibility index (Phi) is 3.71. The minimum Gasteiger partial charge on any atom is -0.383 e. The summed E-state index contributed by atoms with van der Waals surface area (Å²) in [5, 5.41) is 4.14. The number of anilines is 1. The van der Waals surface area contributed by atoms with E-state index in [4.69, 9.17) is 10.3 Å². The van der Waals surface area contributed by atoms with E-state index in [1.807, 2.05) is 0 Å². The average molecular weight is 339 g/mol. The molecule has 0 aliphatic heterocycles. The van der Waals surface area contributed by atoms with Crippen LogP contribution in [0, 0.1) is 17.8 Å². The van der Waals surface area contributed by atoms with Gasteiger partial charge in [-0.25, -0.2) is 9.97 Å². The highest BCUT2D eigenvalue weighted by molar-refractivity contribution is 5.66. The first-order chi connectivity index (χ1) is 12.3. The third kappa shape index (κ3) is 3.14. The largest absolute Gasteiger partial charge is 0.383 e. The minimum atomic E-state index is 0.454. The van der Waals surface area contributed by atoms with Crippen molar-refractivity contribution in [1.82, 2.24) is 20.1 Å². The van der Waals surface area contributed by atoms with Gasteiger partial charge in [0, 0.05) is 18.5 Å². The van der Waals surface area contributed by atoms with Gasteiger partial charge in [-0.3, -0.25) is 0 Å².